The summed E-state index contributed by atoms with van der Waals surface area (Å²) in [6.45, 7) is 0.868. The van der Waals surface area contributed by atoms with E-state index in [2.05, 4.69) is 15.4 Å². The van der Waals surface area contributed by atoms with Gasteiger partial charge in [0.05, 0.1) is 5.69 Å². The lowest BCUT2D eigenvalue weighted by Crippen LogP contribution is -2.15. The quantitative estimate of drug-likeness (QED) is 0.628. The van der Waals surface area contributed by atoms with E-state index >= 15 is 0 Å². The summed E-state index contributed by atoms with van der Waals surface area (Å²) < 4.78 is 0. The maximum atomic E-state index is 10.4. The van der Waals surface area contributed by atoms with Crippen molar-refractivity contribution in [3.8, 4) is 0 Å². The van der Waals surface area contributed by atoms with Crippen molar-refractivity contribution >= 4 is 6.29 Å². The van der Waals surface area contributed by atoms with Gasteiger partial charge in [-0.25, -0.2) is 0 Å². The fourth-order valence-electron chi connectivity index (χ4n) is 0.869. The minimum absolute atomic E-state index is 0.414. The molecule has 66 valence electrons. The molecule has 5 nitrogen and oxygen atoms in total. The van der Waals surface area contributed by atoms with Gasteiger partial charge in [-0.2, -0.15) is 15.4 Å². The number of carbonyl (C=O) groups is 1. The standard InChI is InChI=1S/C7H12N4O/c1-11(2)4-3-6-7(5-12)9-10-8-6/h5H,3-4H2,1-2H3,(H,8,9,10). The molecule has 0 amide bonds. The van der Waals surface area contributed by atoms with Crippen LogP contribution in [0.15, 0.2) is 0 Å². The average Bonchev–Trinajstić information content (AvgIpc) is 2.47. The molecule has 0 fully saturated rings. The predicted octanol–water partition coefficient (Wildman–Crippen LogP) is -0.279. The molecule has 0 atom stereocenters. The SMILES string of the molecule is CN(C)CCc1n[nH]nc1C=O. The summed E-state index contributed by atoms with van der Waals surface area (Å²) in [6.07, 6.45) is 1.46. The van der Waals surface area contributed by atoms with Crippen LogP contribution in [0.25, 0.3) is 0 Å². The van der Waals surface area contributed by atoms with Crippen LogP contribution >= 0.6 is 0 Å². The highest BCUT2D eigenvalue weighted by Crippen LogP contribution is 1.98. The molecule has 1 rings (SSSR count). The van der Waals surface area contributed by atoms with Gasteiger partial charge in [0.1, 0.15) is 5.69 Å². The first-order chi connectivity index (χ1) is 5.74. The van der Waals surface area contributed by atoms with Crippen LogP contribution in [0, 0.1) is 0 Å². The molecule has 0 bridgehead atoms. The van der Waals surface area contributed by atoms with Crippen LogP contribution in [-0.2, 0) is 6.42 Å². The third-order valence-electron chi connectivity index (χ3n) is 1.56. The number of hydrogen-bond donors (Lipinski definition) is 1. The molecule has 5 heteroatoms. The summed E-state index contributed by atoms with van der Waals surface area (Å²) in [7, 11) is 3.95. The molecular weight excluding hydrogens is 156 g/mol. The van der Waals surface area contributed by atoms with Gasteiger partial charge in [0.25, 0.3) is 0 Å². The summed E-state index contributed by atoms with van der Waals surface area (Å²) in [5, 5.41) is 9.98. The summed E-state index contributed by atoms with van der Waals surface area (Å²) in [4.78, 5) is 12.4. The second kappa shape index (κ2) is 3.96. The maximum absolute atomic E-state index is 10.4. The molecule has 0 radical (unpaired) electrons. The lowest BCUT2D eigenvalue weighted by molar-refractivity contribution is 0.111. The molecule has 0 spiro atoms. The summed E-state index contributed by atoms with van der Waals surface area (Å²) in [5.41, 5.74) is 1.15. The summed E-state index contributed by atoms with van der Waals surface area (Å²) >= 11 is 0. The zero-order valence-electron chi connectivity index (χ0n) is 7.24. The first kappa shape index (κ1) is 8.86. The number of carbonyl (C=O) groups excluding carboxylic acids is 1. The van der Waals surface area contributed by atoms with Crippen molar-refractivity contribution in [3.05, 3.63) is 11.4 Å². The number of nitrogens with one attached hydrogen (secondary N) is 1. The normalized spacial score (nSPS) is 10.6. The molecule has 1 aromatic heterocycles. The van der Waals surface area contributed by atoms with Crippen LogP contribution in [0.3, 0.4) is 0 Å². The van der Waals surface area contributed by atoms with Crippen molar-refractivity contribution < 1.29 is 4.79 Å². The van der Waals surface area contributed by atoms with Gasteiger partial charge in [-0.15, -0.1) is 0 Å². The number of likely N-dealkylation sites (N-methyl/N-ethyl adjacent to an activating group) is 1. The van der Waals surface area contributed by atoms with Gasteiger partial charge in [-0.3, -0.25) is 4.79 Å². The number of H-pyrrole nitrogens is 1. The first-order valence-corrected chi connectivity index (χ1v) is 3.73. The number of rotatable bonds is 4. The van der Waals surface area contributed by atoms with Crippen LogP contribution in [0.2, 0.25) is 0 Å². The minimum Gasteiger partial charge on any atom is -0.309 e. The number of hydrogen-bond acceptors (Lipinski definition) is 4. The molecular formula is C7H12N4O. The Bertz CT molecular complexity index is 256. The van der Waals surface area contributed by atoms with Crippen LogP contribution in [-0.4, -0.2) is 47.2 Å². The van der Waals surface area contributed by atoms with E-state index in [1.54, 1.807) is 0 Å². The Morgan fingerprint density at radius 1 is 1.50 bits per heavy atom. The van der Waals surface area contributed by atoms with E-state index < -0.39 is 0 Å². The maximum Gasteiger partial charge on any atom is 0.172 e. The second-order valence-electron chi connectivity index (χ2n) is 2.83. The van der Waals surface area contributed by atoms with Crippen LogP contribution < -0.4 is 0 Å². The Morgan fingerprint density at radius 3 is 2.83 bits per heavy atom. The molecule has 1 aromatic rings. The number of aldehydes is 1. The molecule has 1 N–H and O–H groups in total. The molecule has 0 aliphatic rings. The van der Waals surface area contributed by atoms with Gasteiger partial charge in [0.2, 0.25) is 0 Å². The molecule has 0 aromatic carbocycles. The van der Waals surface area contributed by atoms with Crippen molar-refractivity contribution in [2.45, 2.75) is 6.42 Å². The van der Waals surface area contributed by atoms with Crippen molar-refractivity contribution in [3.63, 3.8) is 0 Å². The van der Waals surface area contributed by atoms with Crippen LogP contribution in [0.5, 0.6) is 0 Å². The largest absolute Gasteiger partial charge is 0.309 e. The van der Waals surface area contributed by atoms with Gasteiger partial charge in [-0.1, -0.05) is 0 Å². The number of aromatic nitrogens is 3. The van der Waals surface area contributed by atoms with Gasteiger partial charge in [-0.05, 0) is 14.1 Å². The lowest BCUT2D eigenvalue weighted by Gasteiger charge is -2.06. The van der Waals surface area contributed by atoms with E-state index in [-0.39, 0.29) is 0 Å². The highest BCUT2D eigenvalue weighted by atomic mass is 16.1. The minimum atomic E-state index is 0.414. The Labute approximate surface area is 70.8 Å². The smallest absolute Gasteiger partial charge is 0.172 e. The van der Waals surface area contributed by atoms with Crippen molar-refractivity contribution in [2.75, 3.05) is 20.6 Å². The Morgan fingerprint density at radius 2 is 2.25 bits per heavy atom. The Kier molecular flexibility index (Phi) is 2.93. The van der Waals surface area contributed by atoms with E-state index in [0.29, 0.717) is 12.0 Å². The van der Waals surface area contributed by atoms with Crippen molar-refractivity contribution in [2.24, 2.45) is 0 Å². The van der Waals surface area contributed by atoms with Gasteiger partial charge >= 0.3 is 0 Å². The zero-order chi connectivity index (χ0) is 8.97. The van der Waals surface area contributed by atoms with E-state index in [9.17, 15) is 4.79 Å². The molecule has 0 unspecified atom stereocenters. The van der Waals surface area contributed by atoms with E-state index in [4.69, 9.17) is 0 Å². The van der Waals surface area contributed by atoms with E-state index in [0.717, 1.165) is 18.7 Å². The Balaban J connectivity index is 2.56. The molecule has 1 heterocycles. The fourth-order valence-corrected chi connectivity index (χ4v) is 0.869. The molecule has 0 aliphatic heterocycles. The summed E-state index contributed by atoms with van der Waals surface area (Å²) in [5.74, 6) is 0. The second-order valence-corrected chi connectivity index (χ2v) is 2.83. The molecule has 0 saturated heterocycles. The van der Waals surface area contributed by atoms with Crippen molar-refractivity contribution in [1.29, 1.82) is 0 Å². The predicted molar refractivity (Wildman–Crippen MR) is 44.0 cm³/mol. The monoisotopic (exact) mass is 168 g/mol. The van der Waals surface area contributed by atoms with E-state index in [1.165, 1.54) is 0 Å². The number of aromatic amines is 1. The first-order valence-electron chi connectivity index (χ1n) is 3.73. The average molecular weight is 168 g/mol. The topological polar surface area (TPSA) is 61.9 Å². The summed E-state index contributed by atoms with van der Waals surface area (Å²) in [6, 6.07) is 0. The highest BCUT2D eigenvalue weighted by Gasteiger charge is 2.05. The van der Waals surface area contributed by atoms with Crippen molar-refractivity contribution in [1.82, 2.24) is 20.3 Å². The lowest BCUT2D eigenvalue weighted by atomic mass is 10.2. The van der Waals surface area contributed by atoms with Crippen LogP contribution in [0.4, 0.5) is 0 Å². The fraction of sp³-hybridized carbons (Fsp3) is 0.571. The number of nitrogens with zero attached hydrogens (tertiary/aromatic N) is 3. The van der Waals surface area contributed by atoms with Gasteiger partial charge in [0.15, 0.2) is 6.29 Å². The van der Waals surface area contributed by atoms with Gasteiger partial charge < -0.3 is 4.90 Å². The van der Waals surface area contributed by atoms with Crippen LogP contribution in [0.1, 0.15) is 16.2 Å². The third-order valence-corrected chi connectivity index (χ3v) is 1.56. The van der Waals surface area contributed by atoms with E-state index in [1.807, 2.05) is 19.0 Å². The Hall–Kier alpha value is -1.23. The third kappa shape index (κ3) is 2.13. The highest BCUT2D eigenvalue weighted by molar-refractivity contribution is 5.72. The molecule has 0 aliphatic carbocycles. The molecule has 0 saturated carbocycles. The molecule has 12 heavy (non-hydrogen) atoms. The van der Waals surface area contributed by atoms with Gasteiger partial charge in [0, 0.05) is 13.0 Å². The zero-order valence-corrected chi connectivity index (χ0v) is 7.24.